The van der Waals surface area contributed by atoms with Gasteiger partial charge in [-0.05, 0) is 31.0 Å². The van der Waals surface area contributed by atoms with Crippen molar-refractivity contribution in [2.24, 2.45) is 0 Å². The molecule has 1 aromatic rings. The number of carbonyl (C=O) groups excluding carboxylic acids is 1. The molecule has 2 rings (SSSR count). The zero-order chi connectivity index (χ0) is 13.1. The Morgan fingerprint density at radius 3 is 2.89 bits per heavy atom. The molecule has 0 unspecified atom stereocenters. The highest BCUT2D eigenvalue weighted by molar-refractivity contribution is 6.30. The summed E-state index contributed by atoms with van der Waals surface area (Å²) in [4.78, 5) is 24.3. The van der Waals surface area contributed by atoms with Gasteiger partial charge in [0.1, 0.15) is 6.04 Å². The number of anilines is 1. The molecular weight excluding hydrogens is 256 g/mol. The van der Waals surface area contributed by atoms with Crippen LogP contribution in [0.4, 0.5) is 10.5 Å². The fraction of sp³-hybridized carbons (Fsp3) is 0.333. The Balaban J connectivity index is 2.06. The van der Waals surface area contributed by atoms with Crippen LogP contribution in [0.2, 0.25) is 5.02 Å². The van der Waals surface area contributed by atoms with Gasteiger partial charge in [-0.2, -0.15) is 0 Å². The average molecular weight is 269 g/mol. The summed E-state index contributed by atoms with van der Waals surface area (Å²) in [6, 6.07) is 5.61. The molecule has 18 heavy (non-hydrogen) atoms. The summed E-state index contributed by atoms with van der Waals surface area (Å²) < 4.78 is 0. The van der Waals surface area contributed by atoms with Crippen LogP contribution in [-0.4, -0.2) is 34.6 Å². The quantitative estimate of drug-likeness (QED) is 0.865. The molecule has 1 fully saturated rings. The molecule has 0 saturated carbocycles. The van der Waals surface area contributed by atoms with Gasteiger partial charge in [-0.1, -0.05) is 17.7 Å². The topological polar surface area (TPSA) is 69.6 Å². The van der Waals surface area contributed by atoms with E-state index < -0.39 is 18.0 Å². The Labute approximate surface area is 109 Å². The first-order chi connectivity index (χ1) is 8.58. The summed E-state index contributed by atoms with van der Waals surface area (Å²) in [5.74, 6) is -0.964. The Hall–Kier alpha value is -1.75. The number of nitrogens with one attached hydrogen (secondary N) is 1. The second kappa shape index (κ2) is 5.27. The minimum absolute atomic E-state index is 0.401. The maximum atomic E-state index is 11.9. The third-order valence-electron chi connectivity index (χ3n) is 2.87. The van der Waals surface area contributed by atoms with Crippen LogP contribution in [0.1, 0.15) is 12.8 Å². The van der Waals surface area contributed by atoms with E-state index >= 15 is 0 Å². The molecule has 1 atom stereocenters. The molecule has 1 aromatic carbocycles. The zero-order valence-electron chi connectivity index (χ0n) is 9.60. The number of urea groups is 1. The van der Waals surface area contributed by atoms with Crippen molar-refractivity contribution >= 4 is 29.3 Å². The lowest BCUT2D eigenvalue weighted by atomic mass is 10.2. The number of benzene rings is 1. The molecule has 2 N–H and O–H groups in total. The standard InChI is InChI=1S/C12H13ClN2O3/c13-8-3-1-4-9(7-8)14-12(18)15-6-2-5-10(15)11(16)17/h1,3-4,7,10H,2,5-6H2,(H,14,18)(H,16,17)/t10-/m0/s1. The van der Waals surface area contributed by atoms with Crippen molar-refractivity contribution in [1.29, 1.82) is 0 Å². The van der Waals surface area contributed by atoms with Crippen molar-refractivity contribution in [3.63, 3.8) is 0 Å². The van der Waals surface area contributed by atoms with Gasteiger partial charge >= 0.3 is 12.0 Å². The van der Waals surface area contributed by atoms with Crippen molar-refractivity contribution in [3.8, 4) is 0 Å². The number of nitrogens with zero attached hydrogens (tertiary/aromatic N) is 1. The predicted molar refractivity (Wildman–Crippen MR) is 67.8 cm³/mol. The van der Waals surface area contributed by atoms with Gasteiger partial charge in [0, 0.05) is 17.3 Å². The lowest BCUT2D eigenvalue weighted by Crippen LogP contribution is -2.42. The molecule has 1 aliphatic heterocycles. The van der Waals surface area contributed by atoms with Gasteiger partial charge < -0.3 is 15.3 Å². The molecular formula is C12H13ClN2O3. The number of carboxylic acid groups (broad SMARTS) is 1. The van der Waals surface area contributed by atoms with Crippen molar-refractivity contribution in [2.45, 2.75) is 18.9 Å². The van der Waals surface area contributed by atoms with Gasteiger partial charge in [-0.25, -0.2) is 9.59 Å². The van der Waals surface area contributed by atoms with E-state index in [9.17, 15) is 9.59 Å². The van der Waals surface area contributed by atoms with E-state index in [2.05, 4.69) is 5.32 Å². The fourth-order valence-corrected chi connectivity index (χ4v) is 2.22. The first-order valence-electron chi connectivity index (χ1n) is 5.64. The number of hydrogen-bond acceptors (Lipinski definition) is 2. The Bertz CT molecular complexity index is 478. The highest BCUT2D eigenvalue weighted by Crippen LogP contribution is 2.20. The number of aliphatic carboxylic acids is 1. The molecule has 2 amide bonds. The minimum Gasteiger partial charge on any atom is -0.480 e. The molecule has 6 heteroatoms. The van der Waals surface area contributed by atoms with Gasteiger partial charge in [0.15, 0.2) is 0 Å². The van der Waals surface area contributed by atoms with Crippen LogP contribution in [0.5, 0.6) is 0 Å². The third kappa shape index (κ3) is 2.73. The van der Waals surface area contributed by atoms with Gasteiger partial charge in [0.05, 0.1) is 0 Å². The number of rotatable bonds is 2. The van der Waals surface area contributed by atoms with E-state index in [4.69, 9.17) is 16.7 Å². The SMILES string of the molecule is O=C(O)[C@@H]1CCCN1C(=O)Nc1cccc(Cl)c1. The monoisotopic (exact) mass is 268 g/mol. The average Bonchev–Trinajstić information content (AvgIpc) is 2.77. The molecule has 1 saturated heterocycles. The van der Waals surface area contributed by atoms with Crippen molar-refractivity contribution in [3.05, 3.63) is 29.3 Å². The van der Waals surface area contributed by atoms with Crippen LogP contribution in [0, 0.1) is 0 Å². The molecule has 0 radical (unpaired) electrons. The number of hydrogen-bond donors (Lipinski definition) is 2. The van der Waals surface area contributed by atoms with E-state index in [1.165, 1.54) is 4.90 Å². The van der Waals surface area contributed by atoms with Crippen LogP contribution in [0.25, 0.3) is 0 Å². The smallest absolute Gasteiger partial charge is 0.326 e. The van der Waals surface area contributed by atoms with Gasteiger partial charge in [-0.15, -0.1) is 0 Å². The molecule has 1 heterocycles. The van der Waals surface area contributed by atoms with Crippen LogP contribution < -0.4 is 5.32 Å². The molecule has 0 spiro atoms. The molecule has 0 aromatic heterocycles. The maximum absolute atomic E-state index is 11.9. The first-order valence-corrected chi connectivity index (χ1v) is 6.02. The molecule has 5 nitrogen and oxygen atoms in total. The van der Waals surface area contributed by atoms with Crippen LogP contribution >= 0.6 is 11.6 Å². The molecule has 96 valence electrons. The van der Waals surface area contributed by atoms with Gasteiger partial charge in [0.25, 0.3) is 0 Å². The highest BCUT2D eigenvalue weighted by atomic mass is 35.5. The second-order valence-electron chi connectivity index (χ2n) is 4.13. The predicted octanol–water partition coefficient (Wildman–Crippen LogP) is 2.42. The lowest BCUT2D eigenvalue weighted by Gasteiger charge is -2.21. The van der Waals surface area contributed by atoms with Crippen molar-refractivity contribution in [1.82, 2.24) is 4.90 Å². The summed E-state index contributed by atoms with van der Waals surface area (Å²) in [6.45, 7) is 0.462. The van der Waals surface area contributed by atoms with Gasteiger partial charge in [0.2, 0.25) is 0 Å². The maximum Gasteiger partial charge on any atom is 0.326 e. The Morgan fingerprint density at radius 1 is 1.44 bits per heavy atom. The van der Waals surface area contributed by atoms with E-state index in [1.807, 2.05) is 0 Å². The van der Waals surface area contributed by atoms with E-state index in [0.717, 1.165) is 0 Å². The summed E-state index contributed by atoms with van der Waals surface area (Å²) in [7, 11) is 0. The number of likely N-dealkylation sites (tertiary alicyclic amines) is 1. The minimum atomic E-state index is -0.964. The normalized spacial score (nSPS) is 18.7. The van der Waals surface area contributed by atoms with E-state index in [1.54, 1.807) is 24.3 Å². The number of amides is 2. The Kier molecular flexibility index (Phi) is 3.72. The summed E-state index contributed by atoms with van der Waals surface area (Å²) in [5, 5.41) is 12.2. The highest BCUT2D eigenvalue weighted by Gasteiger charge is 2.33. The summed E-state index contributed by atoms with van der Waals surface area (Å²) in [6.07, 6.45) is 1.21. The number of carbonyl (C=O) groups is 2. The van der Waals surface area contributed by atoms with E-state index in [0.29, 0.717) is 30.1 Å². The third-order valence-corrected chi connectivity index (χ3v) is 3.11. The fourth-order valence-electron chi connectivity index (χ4n) is 2.03. The summed E-state index contributed by atoms with van der Waals surface area (Å²) in [5.41, 5.74) is 0.559. The second-order valence-corrected chi connectivity index (χ2v) is 4.57. The molecule has 0 bridgehead atoms. The van der Waals surface area contributed by atoms with Crippen molar-refractivity contribution < 1.29 is 14.7 Å². The molecule has 0 aliphatic carbocycles. The largest absolute Gasteiger partial charge is 0.480 e. The summed E-state index contributed by atoms with van der Waals surface area (Å²) >= 11 is 5.81. The van der Waals surface area contributed by atoms with Crippen LogP contribution in [0.15, 0.2) is 24.3 Å². The Morgan fingerprint density at radius 2 is 2.22 bits per heavy atom. The van der Waals surface area contributed by atoms with Crippen molar-refractivity contribution in [2.75, 3.05) is 11.9 Å². The lowest BCUT2D eigenvalue weighted by molar-refractivity contribution is -0.141. The number of carboxylic acids is 1. The zero-order valence-corrected chi connectivity index (χ0v) is 10.4. The first kappa shape index (κ1) is 12.7. The van der Waals surface area contributed by atoms with Gasteiger partial charge in [-0.3, -0.25) is 0 Å². The number of halogens is 1. The van der Waals surface area contributed by atoms with Crippen LogP contribution in [-0.2, 0) is 4.79 Å². The van der Waals surface area contributed by atoms with E-state index in [-0.39, 0.29) is 0 Å². The molecule has 1 aliphatic rings. The van der Waals surface area contributed by atoms with Crippen LogP contribution in [0.3, 0.4) is 0 Å².